The number of likely N-dealkylation sites (tertiary alicyclic amines) is 1. The number of nitrogens with two attached hydrogens (primary N) is 1. The van der Waals surface area contributed by atoms with Crippen LogP contribution in [0.2, 0.25) is 0 Å². The molecule has 1 fully saturated rings. The summed E-state index contributed by atoms with van der Waals surface area (Å²) < 4.78 is 0. The topological polar surface area (TPSA) is 63.4 Å². The van der Waals surface area contributed by atoms with E-state index in [1.54, 1.807) is 0 Å². The standard InChI is InChI=1S/C25H32N2O2/c1-18(2)16-20-8-10-21(11-9-20)24(28)22-12-14-27(15-13-22)25(29)23(26)17-19-6-4-3-5-7-19/h3-11,18,22-23H,12-17,26H2,1-2H3. The predicted molar refractivity (Wildman–Crippen MR) is 117 cm³/mol. The summed E-state index contributed by atoms with van der Waals surface area (Å²) in [5, 5.41) is 0. The zero-order chi connectivity index (χ0) is 20.8. The van der Waals surface area contributed by atoms with Crippen molar-refractivity contribution in [2.24, 2.45) is 17.6 Å². The number of hydrogen-bond donors (Lipinski definition) is 1. The second kappa shape index (κ2) is 9.84. The highest BCUT2D eigenvalue weighted by molar-refractivity contribution is 5.98. The normalized spacial score (nSPS) is 16.1. The van der Waals surface area contributed by atoms with Gasteiger partial charge < -0.3 is 10.6 Å². The summed E-state index contributed by atoms with van der Waals surface area (Å²) in [7, 11) is 0. The molecule has 4 heteroatoms. The quantitative estimate of drug-likeness (QED) is 0.728. The maximum atomic E-state index is 12.9. The molecule has 2 N–H and O–H groups in total. The number of benzene rings is 2. The van der Waals surface area contributed by atoms with Gasteiger partial charge in [-0.05, 0) is 42.7 Å². The first-order valence-electron chi connectivity index (χ1n) is 10.7. The Morgan fingerprint density at radius 1 is 0.931 bits per heavy atom. The molecule has 1 atom stereocenters. The van der Waals surface area contributed by atoms with E-state index in [0.29, 0.717) is 38.3 Å². The summed E-state index contributed by atoms with van der Waals surface area (Å²) in [6, 6.07) is 17.4. The lowest BCUT2D eigenvalue weighted by Gasteiger charge is -2.33. The molecular weight excluding hydrogens is 360 g/mol. The predicted octanol–water partition coefficient (Wildman–Crippen LogP) is 3.88. The summed E-state index contributed by atoms with van der Waals surface area (Å²) in [6.45, 7) is 5.59. The molecule has 1 aliphatic heterocycles. The van der Waals surface area contributed by atoms with Gasteiger partial charge >= 0.3 is 0 Å². The highest BCUT2D eigenvalue weighted by Crippen LogP contribution is 2.23. The maximum Gasteiger partial charge on any atom is 0.239 e. The lowest BCUT2D eigenvalue weighted by Crippen LogP contribution is -2.48. The molecule has 0 saturated carbocycles. The van der Waals surface area contributed by atoms with Crippen molar-refractivity contribution in [3.8, 4) is 0 Å². The molecule has 154 valence electrons. The number of Topliss-reactive ketones (excluding diaryl/α,β-unsaturated/α-hetero) is 1. The van der Waals surface area contributed by atoms with Crippen LogP contribution in [0.5, 0.6) is 0 Å². The van der Waals surface area contributed by atoms with Crippen molar-refractivity contribution in [3.63, 3.8) is 0 Å². The van der Waals surface area contributed by atoms with Gasteiger partial charge in [0.1, 0.15) is 0 Å². The van der Waals surface area contributed by atoms with Gasteiger partial charge in [0.15, 0.2) is 5.78 Å². The first kappa shape index (κ1) is 21.3. The average Bonchev–Trinajstić information content (AvgIpc) is 2.73. The first-order valence-corrected chi connectivity index (χ1v) is 10.7. The Morgan fingerprint density at radius 2 is 1.52 bits per heavy atom. The van der Waals surface area contributed by atoms with E-state index in [9.17, 15) is 9.59 Å². The van der Waals surface area contributed by atoms with E-state index in [2.05, 4.69) is 26.0 Å². The van der Waals surface area contributed by atoms with Gasteiger partial charge in [0.2, 0.25) is 5.91 Å². The van der Waals surface area contributed by atoms with E-state index >= 15 is 0 Å². The van der Waals surface area contributed by atoms with Crippen molar-refractivity contribution in [2.45, 2.75) is 45.6 Å². The summed E-state index contributed by atoms with van der Waals surface area (Å²) in [4.78, 5) is 27.4. The van der Waals surface area contributed by atoms with Gasteiger partial charge in [0.05, 0.1) is 6.04 Å². The molecule has 0 aromatic heterocycles. The second-order valence-electron chi connectivity index (χ2n) is 8.55. The number of nitrogens with zero attached hydrogens (tertiary/aromatic N) is 1. The second-order valence-corrected chi connectivity index (χ2v) is 8.55. The summed E-state index contributed by atoms with van der Waals surface area (Å²) >= 11 is 0. The van der Waals surface area contributed by atoms with Crippen LogP contribution < -0.4 is 5.73 Å². The lowest BCUT2D eigenvalue weighted by atomic mass is 9.88. The summed E-state index contributed by atoms with van der Waals surface area (Å²) in [6.07, 6.45) is 2.98. The molecule has 0 spiro atoms. The van der Waals surface area contributed by atoms with Crippen LogP contribution in [0.4, 0.5) is 0 Å². The van der Waals surface area contributed by atoms with Crippen molar-refractivity contribution in [3.05, 3.63) is 71.3 Å². The minimum absolute atomic E-state index is 0.0136. The molecule has 3 rings (SSSR count). The van der Waals surface area contributed by atoms with Crippen LogP contribution in [0, 0.1) is 11.8 Å². The van der Waals surface area contributed by atoms with Crippen molar-refractivity contribution < 1.29 is 9.59 Å². The van der Waals surface area contributed by atoms with E-state index in [1.165, 1.54) is 5.56 Å². The largest absolute Gasteiger partial charge is 0.341 e. The fraction of sp³-hybridized carbons (Fsp3) is 0.440. The highest BCUT2D eigenvalue weighted by Gasteiger charge is 2.30. The van der Waals surface area contributed by atoms with Crippen LogP contribution in [0.3, 0.4) is 0 Å². The van der Waals surface area contributed by atoms with Gasteiger partial charge in [0, 0.05) is 24.6 Å². The molecule has 0 aliphatic carbocycles. The van der Waals surface area contributed by atoms with Gasteiger partial charge in [-0.25, -0.2) is 0 Å². The van der Waals surface area contributed by atoms with Crippen LogP contribution in [-0.4, -0.2) is 35.7 Å². The molecule has 29 heavy (non-hydrogen) atoms. The Morgan fingerprint density at radius 3 is 2.10 bits per heavy atom. The molecule has 4 nitrogen and oxygen atoms in total. The molecule has 0 radical (unpaired) electrons. The third kappa shape index (κ3) is 5.77. The van der Waals surface area contributed by atoms with E-state index in [-0.39, 0.29) is 17.6 Å². The Hall–Kier alpha value is -2.46. The molecule has 0 bridgehead atoms. The van der Waals surface area contributed by atoms with Crippen LogP contribution in [0.1, 0.15) is 48.2 Å². The van der Waals surface area contributed by atoms with E-state index in [4.69, 9.17) is 5.73 Å². The molecule has 1 heterocycles. The number of carbonyl (C=O) groups is 2. The molecule has 1 aliphatic rings. The molecule has 1 saturated heterocycles. The molecule has 2 aromatic rings. The van der Waals surface area contributed by atoms with Gasteiger partial charge in [-0.15, -0.1) is 0 Å². The Balaban J connectivity index is 1.51. The number of hydrogen-bond acceptors (Lipinski definition) is 3. The third-order valence-electron chi connectivity index (χ3n) is 5.68. The fourth-order valence-corrected chi connectivity index (χ4v) is 4.06. The van der Waals surface area contributed by atoms with Gasteiger partial charge in [-0.1, -0.05) is 68.4 Å². The SMILES string of the molecule is CC(C)Cc1ccc(C(=O)C2CCN(C(=O)C(N)Cc3ccccc3)CC2)cc1. The fourth-order valence-electron chi connectivity index (χ4n) is 4.06. The monoisotopic (exact) mass is 392 g/mol. The van der Waals surface area contributed by atoms with Crippen molar-refractivity contribution in [1.82, 2.24) is 4.90 Å². The highest BCUT2D eigenvalue weighted by atomic mass is 16.2. The number of rotatable bonds is 7. The molecular formula is C25H32N2O2. The molecule has 2 aromatic carbocycles. The number of ketones is 1. The summed E-state index contributed by atoms with van der Waals surface area (Å²) in [5.41, 5.74) is 9.27. The number of carbonyl (C=O) groups excluding carboxylic acids is 2. The minimum atomic E-state index is -0.529. The molecule has 1 amide bonds. The van der Waals surface area contributed by atoms with Gasteiger partial charge in [-0.2, -0.15) is 0 Å². The van der Waals surface area contributed by atoms with Crippen LogP contribution >= 0.6 is 0 Å². The summed E-state index contributed by atoms with van der Waals surface area (Å²) in [5.74, 6) is 0.770. The average molecular weight is 393 g/mol. The van der Waals surface area contributed by atoms with Crippen LogP contribution in [-0.2, 0) is 17.6 Å². The zero-order valence-corrected chi connectivity index (χ0v) is 17.5. The Bertz CT molecular complexity index is 806. The van der Waals surface area contributed by atoms with Gasteiger partial charge in [0.25, 0.3) is 0 Å². The zero-order valence-electron chi connectivity index (χ0n) is 17.5. The van der Waals surface area contributed by atoms with E-state index in [1.807, 2.05) is 47.4 Å². The maximum absolute atomic E-state index is 12.9. The van der Waals surface area contributed by atoms with Crippen molar-refractivity contribution >= 4 is 11.7 Å². The van der Waals surface area contributed by atoms with Crippen LogP contribution in [0.15, 0.2) is 54.6 Å². The molecule has 1 unspecified atom stereocenters. The van der Waals surface area contributed by atoms with Gasteiger partial charge in [-0.3, -0.25) is 9.59 Å². The first-order chi connectivity index (χ1) is 13.9. The van der Waals surface area contributed by atoms with Crippen molar-refractivity contribution in [1.29, 1.82) is 0 Å². The lowest BCUT2D eigenvalue weighted by molar-refractivity contribution is -0.133. The Labute approximate surface area is 174 Å². The number of amides is 1. The van der Waals surface area contributed by atoms with E-state index in [0.717, 1.165) is 17.5 Å². The smallest absolute Gasteiger partial charge is 0.239 e. The Kier molecular flexibility index (Phi) is 7.21. The van der Waals surface area contributed by atoms with E-state index < -0.39 is 6.04 Å². The van der Waals surface area contributed by atoms with Crippen molar-refractivity contribution in [2.75, 3.05) is 13.1 Å². The minimum Gasteiger partial charge on any atom is -0.341 e. The number of piperidine rings is 1. The van der Waals surface area contributed by atoms with Crippen LogP contribution in [0.25, 0.3) is 0 Å². The third-order valence-corrected chi connectivity index (χ3v) is 5.68.